The molecule has 0 aliphatic heterocycles. The molecule has 1 N–H and O–H groups in total. The van der Waals surface area contributed by atoms with Crippen LogP contribution < -0.4 is 0 Å². The lowest BCUT2D eigenvalue weighted by molar-refractivity contribution is 0.101. The van der Waals surface area contributed by atoms with E-state index in [1.807, 2.05) is 28.7 Å². The van der Waals surface area contributed by atoms with Crippen LogP contribution in [0.15, 0.2) is 12.1 Å². The number of hydrogen-bond donors (Lipinski definition) is 1. The van der Waals surface area contributed by atoms with Gasteiger partial charge in [0.1, 0.15) is 11.8 Å². The van der Waals surface area contributed by atoms with Crippen LogP contribution in [0.2, 0.25) is 0 Å². The molecule has 13 heavy (non-hydrogen) atoms. The topological polar surface area (TPSA) is 61.1 Å². The predicted molar refractivity (Wildman–Crippen MR) is 55.5 cm³/mol. The minimum absolute atomic E-state index is 0.0535. The molecule has 1 aromatic carbocycles. The van der Waals surface area contributed by atoms with Gasteiger partial charge in [-0.05, 0) is 41.6 Å². The minimum atomic E-state index is -0.156. The predicted octanol–water partition coefficient (Wildman–Crippen LogP) is 2.07. The third-order valence-electron chi connectivity index (χ3n) is 1.56. The normalized spacial score (nSPS) is 9.31. The van der Waals surface area contributed by atoms with Crippen molar-refractivity contribution < 1.29 is 9.90 Å². The Kier molecular flexibility index (Phi) is 2.88. The number of phenols is 1. The zero-order chi connectivity index (χ0) is 10.0. The first kappa shape index (κ1) is 9.99. The Bertz CT molecular complexity index is 407. The van der Waals surface area contributed by atoms with E-state index in [1.165, 1.54) is 19.1 Å². The Morgan fingerprint density at radius 3 is 2.69 bits per heavy atom. The molecule has 0 radical (unpaired) electrons. The Labute approximate surface area is 89.1 Å². The summed E-state index contributed by atoms with van der Waals surface area (Å²) in [4.78, 5) is 11.1. The molecule has 0 saturated carbocycles. The van der Waals surface area contributed by atoms with Crippen molar-refractivity contribution in [1.82, 2.24) is 0 Å². The molecule has 66 valence electrons. The van der Waals surface area contributed by atoms with Crippen molar-refractivity contribution in [2.24, 2.45) is 0 Å². The van der Waals surface area contributed by atoms with Crippen molar-refractivity contribution in [2.45, 2.75) is 6.92 Å². The third kappa shape index (κ3) is 1.98. The zero-order valence-corrected chi connectivity index (χ0v) is 8.99. The van der Waals surface area contributed by atoms with Crippen molar-refractivity contribution in [3.8, 4) is 11.8 Å². The van der Waals surface area contributed by atoms with Crippen LogP contribution >= 0.6 is 22.6 Å². The average Bonchev–Trinajstić information content (AvgIpc) is 2.08. The van der Waals surface area contributed by atoms with Crippen molar-refractivity contribution in [2.75, 3.05) is 0 Å². The SMILES string of the molecule is CC(=O)c1cc(O)cc(C#N)c1I. The molecule has 0 saturated heterocycles. The maximum atomic E-state index is 11.1. The molecule has 0 fully saturated rings. The second-order valence-electron chi connectivity index (χ2n) is 2.52. The van der Waals surface area contributed by atoms with Crippen LogP contribution in [-0.4, -0.2) is 10.9 Å². The van der Waals surface area contributed by atoms with E-state index in [4.69, 9.17) is 5.26 Å². The highest BCUT2D eigenvalue weighted by atomic mass is 127. The zero-order valence-electron chi connectivity index (χ0n) is 6.84. The van der Waals surface area contributed by atoms with Crippen LogP contribution in [0.25, 0.3) is 0 Å². The second kappa shape index (κ2) is 3.75. The summed E-state index contributed by atoms with van der Waals surface area (Å²) in [5, 5.41) is 17.9. The van der Waals surface area contributed by atoms with Crippen molar-refractivity contribution >= 4 is 28.4 Å². The van der Waals surface area contributed by atoms with Gasteiger partial charge in [-0.1, -0.05) is 0 Å². The quantitative estimate of drug-likeness (QED) is 0.635. The Morgan fingerprint density at radius 2 is 2.23 bits per heavy atom. The number of aromatic hydroxyl groups is 1. The third-order valence-corrected chi connectivity index (χ3v) is 2.72. The summed E-state index contributed by atoms with van der Waals surface area (Å²) in [6, 6.07) is 4.62. The van der Waals surface area contributed by atoms with E-state index in [2.05, 4.69) is 0 Å². The number of rotatable bonds is 1. The van der Waals surface area contributed by atoms with E-state index in [0.717, 1.165) is 0 Å². The fourth-order valence-electron chi connectivity index (χ4n) is 0.947. The van der Waals surface area contributed by atoms with Crippen LogP contribution in [0.5, 0.6) is 5.75 Å². The highest BCUT2D eigenvalue weighted by Crippen LogP contribution is 2.23. The molecule has 3 nitrogen and oxygen atoms in total. The number of nitrogens with zero attached hydrogens (tertiary/aromatic N) is 1. The maximum Gasteiger partial charge on any atom is 0.161 e. The number of nitriles is 1. The molecule has 0 amide bonds. The first-order chi connectivity index (χ1) is 6.06. The van der Waals surface area contributed by atoms with Gasteiger partial charge in [0, 0.05) is 9.13 Å². The number of carbonyl (C=O) groups is 1. The van der Waals surface area contributed by atoms with Gasteiger partial charge in [0.15, 0.2) is 5.78 Å². The summed E-state index contributed by atoms with van der Waals surface area (Å²) in [5.41, 5.74) is 0.711. The van der Waals surface area contributed by atoms with Crippen LogP contribution in [-0.2, 0) is 0 Å². The summed E-state index contributed by atoms with van der Waals surface area (Å²) >= 11 is 1.92. The van der Waals surface area contributed by atoms with Gasteiger partial charge in [0.25, 0.3) is 0 Å². The van der Waals surface area contributed by atoms with E-state index in [-0.39, 0.29) is 11.5 Å². The lowest BCUT2D eigenvalue weighted by atomic mass is 10.1. The largest absolute Gasteiger partial charge is 0.508 e. The first-order valence-electron chi connectivity index (χ1n) is 3.50. The highest BCUT2D eigenvalue weighted by Gasteiger charge is 2.11. The van der Waals surface area contributed by atoms with Crippen LogP contribution in [0.1, 0.15) is 22.8 Å². The molecule has 4 heteroatoms. The Morgan fingerprint density at radius 1 is 1.62 bits per heavy atom. The monoisotopic (exact) mass is 287 g/mol. The summed E-state index contributed by atoms with van der Waals surface area (Å²) < 4.78 is 0.588. The van der Waals surface area contributed by atoms with E-state index in [0.29, 0.717) is 14.7 Å². The number of ketones is 1. The molecule has 0 spiro atoms. The van der Waals surface area contributed by atoms with E-state index < -0.39 is 0 Å². The smallest absolute Gasteiger partial charge is 0.161 e. The van der Waals surface area contributed by atoms with Crippen LogP contribution in [0.4, 0.5) is 0 Å². The molecule has 0 unspecified atom stereocenters. The molecule has 1 rings (SSSR count). The number of Topliss-reactive ketones (excluding diaryl/α,β-unsaturated/α-hetero) is 1. The second-order valence-corrected chi connectivity index (χ2v) is 3.60. The Balaban J connectivity index is 3.47. The fourth-order valence-corrected chi connectivity index (χ4v) is 1.76. The van der Waals surface area contributed by atoms with Gasteiger partial charge in [-0.25, -0.2) is 0 Å². The summed E-state index contributed by atoms with van der Waals surface area (Å²) in [6.07, 6.45) is 0. The van der Waals surface area contributed by atoms with E-state index in [9.17, 15) is 9.90 Å². The molecular formula is C9H6INO2. The number of phenolic OH excluding ortho intramolecular Hbond substituents is 1. The van der Waals surface area contributed by atoms with Gasteiger partial charge in [-0.2, -0.15) is 5.26 Å². The summed E-state index contributed by atoms with van der Waals surface area (Å²) in [5.74, 6) is -0.209. The molecule has 0 atom stereocenters. The highest BCUT2D eigenvalue weighted by molar-refractivity contribution is 14.1. The van der Waals surface area contributed by atoms with Gasteiger partial charge in [0.2, 0.25) is 0 Å². The number of benzene rings is 1. The van der Waals surface area contributed by atoms with E-state index in [1.54, 1.807) is 0 Å². The van der Waals surface area contributed by atoms with Crippen LogP contribution in [0, 0.1) is 14.9 Å². The molecular weight excluding hydrogens is 281 g/mol. The van der Waals surface area contributed by atoms with E-state index >= 15 is 0 Å². The lowest BCUT2D eigenvalue weighted by Crippen LogP contribution is -1.98. The fraction of sp³-hybridized carbons (Fsp3) is 0.111. The van der Waals surface area contributed by atoms with Crippen molar-refractivity contribution in [3.05, 3.63) is 26.8 Å². The standard InChI is InChI=1S/C9H6INO2/c1-5(12)8-3-7(13)2-6(4-11)9(8)10/h2-3,13H,1H3. The van der Waals surface area contributed by atoms with Crippen molar-refractivity contribution in [1.29, 1.82) is 5.26 Å². The van der Waals surface area contributed by atoms with Gasteiger partial charge in [-0.15, -0.1) is 0 Å². The molecule has 1 aromatic rings. The molecule has 0 aromatic heterocycles. The molecule has 0 aliphatic rings. The van der Waals surface area contributed by atoms with Gasteiger partial charge in [-0.3, -0.25) is 4.79 Å². The average molecular weight is 287 g/mol. The molecule has 0 bridgehead atoms. The number of halogens is 1. The van der Waals surface area contributed by atoms with Gasteiger partial charge < -0.3 is 5.11 Å². The minimum Gasteiger partial charge on any atom is -0.508 e. The molecule has 0 aliphatic carbocycles. The lowest BCUT2D eigenvalue weighted by Gasteiger charge is -2.02. The summed E-state index contributed by atoms with van der Waals surface area (Å²) in [7, 11) is 0. The maximum absolute atomic E-state index is 11.1. The van der Waals surface area contributed by atoms with Gasteiger partial charge >= 0.3 is 0 Å². The van der Waals surface area contributed by atoms with Gasteiger partial charge in [0.05, 0.1) is 5.56 Å². The number of hydrogen-bond acceptors (Lipinski definition) is 3. The molecule has 0 heterocycles. The Hall–Kier alpha value is -1.09. The summed E-state index contributed by atoms with van der Waals surface area (Å²) in [6.45, 7) is 1.40. The first-order valence-corrected chi connectivity index (χ1v) is 4.57. The number of carbonyl (C=O) groups excluding carboxylic acids is 1. The van der Waals surface area contributed by atoms with Crippen LogP contribution in [0.3, 0.4) is 0 Å². The van der Waals surface area contributed by atoms with Crippen molar-refractivity contribution in [3.63, 3.8) is 0 Å².